The highest BCUT2D eigenvalue weighted by Crippen LogP contribution is 2.51. The summed E-state index contributed by atoms with van der Waals surface area (Å²) in [6, 6.07) is 28.4. The monoisotopic (exact) mass is 470 g/mol. The van der Waals surface area contributed by atoms with E-state index in [1.165, 1.54) is 39.2 Å². The third-order valence-electron chi connectivity index (χ3n) is 6.03. The first-order chi connectivity index (χ1) is 14.8. The second-order valence-corrected chi connectivity index (χ2v) is 9.49. The van der Waals surface area contributed by atoms with Crippen LogP contribution < -0.4 is 0 Å². The molecule has 0 fully saturated rings. The number of amidine groups is 1. The van der Waals surface area contributed by atoms with Crippen LogP contribution in [0.3, 0.4) is 0 Å². The lowest BCUT2D eigenvalue weighted by atomic mass is 9.82. The van der Waals surface area contributed by atoms with Crippen LogP contribution in [-0.2, 0) is 6.42 Å². The summed E-state index contributed by atoms with van der Waals surface area (Å²) < 4.78 is 1.10. The van der Waals surface area contributed by atoms with Gasteiger partial charge in [-0.2, -0.15) is 0 Å². The normalized spacial score (nSPS) is 19.6. The van der Waals surface area contributed by atoms with Gasteiger partial charge in [0.1, 0.15) is 0 Å². The minimum Gasteiger partial charge on any atom is -0.308 e. The molecule has 30 heavy (non-hydrogen) atoms. The maximum absolute atomic E-state index is 5.20. The molecule has 4 heteroatoms. The van der Waals surface area contributed by atoms with E-state index in [4.69, 9.17) is 4.99 Å². The maximum atomic E-state index is 5.20. The number of rotatable bonds is 2. The fourth-order valence-electron chi connectivity index (χ4n) is 4.65. The van der Waals surface area contributed by atoms with E-state index in [1.54, 1.807) is 11.8 Å². The molecule has 1 unspecified atom stereocenters. The molecule has 3 aromatic rings. The van der Waals surface area contributed by atoms with Crippen LogP contribution in [0.1, 0.15) is 34.7 Å². The molecule has 0 N–H and O–H groups in total. The van der Waals surface area contributed by atoms with Crippen molar-refractivity contribution in [1.29, 1.82) is 0 Å². The first-order valence-corrected chi connectivity index (χ1v) is 11.8. The topological polar surface area (TPSA) is 15.6 Å². The largest absolute Gasteiger partial charge is 0.308 e. The molecule has 0 aromatic heterocycles. The Hall–Kier alpha value is -2.56. The van der Waals surface area contributed by atoms with Crippen molar-refractivity contribution >= 4 is 44.3 Å². The van der Waals surface area contributed by atoms with Gasteiger partial charge in [0.05, 0.1) is 17.4 Å². The number of nitrogens with zero attached hydrogens (tertiary/aromatic N) is 2. The highest BCUT2D eigenvalue weighted by molar-refractivity contribution is 9.10. The molecule has 3 aromatic carbocycles. The van der Waals surface area contributed by atoms with Crippen LogP contribution in [0, 0.1) is 0 Å². The summed E-state index contributed by atoms with van der Waals surface area (Å²) in [5, 5.41) is 3.32. The van der Waals surface area contributed by atoms with Crippen molar-refractivity contribution in [2.75, 3.05) is 0 Å². The Morgan fingerprint density at radius 3 is 2.47 bits per heavy atom. The number of thioether (sulfide) groups is 1. The van der Waals surface area contributed by atoms with Crippen LogP contribution in [0.5, 0.6) is 0 Å². The summed E-state index contributed by atoms with van der Waals surface area (Å²) in [6.45, 7) is 0. The minimum absolute atomic E-state index is 0.173. The first kappa shape index (κ1) is 18.2. The van der Waals surface area contributed by atoms with E-state index in [0.717, 1.165) is 22.5 Å². The molecule has 2 aliphatic heterocycles. The molecule has 1 aliphatic carbocycles. The number of aryl methyl sites for hydroxylation is 1. The zero-order valence-electron chi connectivity index (χ0n) is 16.3. The van der Waals surface area contributed by atoms with Gasteiger partial charge in [-0.25, -0.2) is 4.99 Å². The van der Waals surface area contributed by atoms with Crippen LogP contribution in [0.25, 0.3) is 11.4 Å². The lowest BCUT2D eigenvalue weighted by molar-refractivity contribution is 0.473. The molecule has 2 nitrogen and oxygen atoms in total. The van der Waals surface area contributed by atoms with Gasteiger partial charge in [0, 0.05) is 15.4 Å². The molecule has 146 valence electrons. The number of hydrogen-bond acceptors (Lipinski definition) is 3. The zero-order chi connectivity index (χ0) is 20.1. The van der Waals surface area contributed by atoms with Gasteiger partial charge >= 0.3 is 0 Å². The van der Waals surface area contributed by atoms with Crippen LogP contribution in [-0.4, -0.2) is 10.1 Å². The van der Waals surface area contributed by atoms with Crippen molar-refractivity contribution in [3.05, 3.63) is 117 Å². The Balaban J connectivity index is 1.53. The lowest BCUT2D eigenvalue weighted by Crippen LogP contribution is -2.34. The van der Waals surface area contributed by atoms with Crippen LogP contribution in [0.15, 0.2) is 99.3 Å². The van der Waals surface area contributed by atoms with Gasteiger partial charge < -0.3 is 4.90 Å². The Bertz CT molecular complexity index is 1230. The third-order valence-corrected chi connectivity index (χ3v) is 7.40. The van der Waals surface area contributed by atoms with E-state index in [9.17, 15) is 0 Å². The summed E-state index contributed by atoms with van der Waals surface area (Å²) in [7, 11) is 0. The van der Waals surface area contributed by atoms with E-state index in [1.807, 2.05) is 0 Å². The Morgan fingerprint density at radius 1 is 0.867 bits per heavy atom. The minimum atomic E-state index is 0.173. The number of aliphatic imine (C=N–C) groups is 1. The maximum Gasteiger partial charge on any atom is 0.174 e. The highest BCUT2D eigenvalue weighted by Gasteiger charge is 2.40. The standard InChI is InChI=1S/C26H19BrN2S/c27-20-13-10-18(11-14-20)23-16-30-26-28-24-21-9-5-4-6-17(21)12-15-22(24)25(29(23)26)19-7-2-1-3-8-19/h1-11,13-14,16,25H,12,15H2. The van der Waals surface area contributed by atoms with Crippen molar-refractivity contribution in [2.45, 2.75) is 18.9 Å². The van der Waals surface area contributed by atoms with Gasteiger partial charge in [0.15, 0.2) is 5.17 Å². The van der Waals surface area contributed by atoms with E-state index in [-0.39, 0.29) is 6.04 Å². The summed E-state index contributed by atoms with van der Waals surface area (Å²) >= 11 is 5.29. The molecule has 0 spiro atoms. The molecule has 6 rings (SSSR count). The van der Waals surface area contributed by atoms with Gasteiger partial charge in [-0.15, -0.1) is 0 Å². The van der Waals surface area contributed by atoms with Crippen molar-refractivity contribution in [3.63, 3.8) is 0 Å². The molecule has 0 bridgehead atoms. The molecule has 0 saturated heterocycles. The molecule has 0 amide bonds. The smallest absolute Gasteiger partial charge is 0.174 e. The van der Waals surface area contributed by atoms with Crippen LogP contribution in [0.4, 0.5) is 0 Å². The Labute approximate surface area is 189 Å². The van der Waals surface area contributed by atoms with Gasteiger partial charge in [-0.1, -0.05) is 94.4 Å². The third kappa shape index (κ3) is 2.90. The fourth-order valence-corrected chi connectivity index (χ4v) is 5.84. The SMILES string of the molecule is Brc1ccc(C2=CSC3=NC4=C(CCc5ccccc54)C(c4ccccc4)N23)cc1. The van der Waals surface area contributed by atoms with E-state index >= 15 is 0 Å². The first-order valence-electron chi connectivity index (χ1n) is 10.2. The average Bonchev–Trinajstić information content (AvgIpc) is 3.22. The summed E-state index contributed by atoms with van der Waals surface area (Å²) in [5.41, 5.74) is 9.07. The Kier molecular flexibility index (Phi) is 4.43. The predicted octanol–water partition coefficient (Wildman–Crippen LogP) is 7.26. The number of halogens is 1. The summed E-state index contributed by atoms with van der Waals surface area (Å²) in [4.78, 5) is 7.64. The molecule has 2 heterocycles. The lowest BCUT2D eigenvalue weighted by Gasteiger charge is -2.39. The molecule has 0 radical (unpaired) electrons. The molecular formula is C26H19BrN2S. The van der Waals surface area contributed by atoms with Gasteiger partial charge in [0.25, 0.3) is 0 Å². The number of fused-ring (bicyclic) bond motifs is 3. The zero-order valence-corrected chi connectivity index (χ0v) is 18.7. The van der Waals surface area contributed by atoms with E-state index < -0.39 is 0 Å². The van der Waals surface area contributed by atoms with Crippen LogP contribution >= 0.6 is 27.7 Å². The van der Waals surface area contributed by atoms with Crippen LogP contribution in [0.2, 0.25) is 0 Å². The van der Waals surface area contributed by atoms with E-state index in [0.29, 0.717) is 0 Å². The predicted molar refractivity (Wildman–Crippen MR) is 130 cm³/mol. The number of hydrogen-bond donors (Lipinski definition) is 0. The van der Waals surface area contributed by atoms with Gasteiger partial charge in [0.2, 0.25) is 0 Å². The molecular weight excluding hydrogens is 452 g/mol. The van der Waals surface area contributed by atoms with Gasteiger partial charge in [-0.3, -0.25) is 0 Å². The summed E-state index contributed by atoms with van der Waals surface area (Å²) in [5.74, 6) is 0. The van der Waals surface area contributed by atoms with Crippen molar-refractivity contribution in [1.82, 2.24) is 4.90 Å². The average molecular weight is 471 g/mol. The van der Waals surface area contributed by atoms with Crippen molar-refractivity contribution in [2.24, 2.45) is 4.99 Å². The van der Waals surface area contributed by atoms with E-state index in [2.05, 4.69) is 105 Å². The molecule has 3 aliphatic rings. The second-order valence-electron chi connectivity index (χ2n) is 7.74. The van der Waals surface area contributed by atoms with Crippen molar-refractivity contribution < 1.29 is 0 Å². The fraction of sp³-hybridized carbons (Fsp3) is 0.115. The number of benzene rings is 3. The quantitative estimate of drug-likeness (QED) is 0.391. The second kappa shape index (κ2) is 7.29. The molecule has 0 saturated carbocycles. The summed E-state index contributed by atoms with van der Waals surface area (Å²) in [6.07, 6.45) is 2.11. The Morgan fingerprint density at radius 2 is 1.63 bits per heavy atom. The van der Waals surface area contributed by atoms with Gasteiger partial charge in [-0.05, 0) is 47.2 Å². The van der Waals surface area contributed by atoms with Crippen molar-refractivity contribution in [3.8, 4) is 0 Å². The highest BCUT2D eigenvalue weighted by atomic mass is 79.9. The molecule has 1 atom stereocenters.